The van der Waals surface area contributed by atoms with Crippen molar-refractivity contribution in [2.24, 2.45) is 5.92 Å². The number of aliphatic hydroxyl groups excluding tert-OH is 1. The van der Waals surface area contributed by atoms with Crippen molar-refractivity contribution < 1.29 is 24.5 Å². The van der Waals surface area contributed by atoms with Gasteiger partial charge in [-0.25, -0.2) is 0 Å². The lowest BCUT2D eigenvalue weighted by Crippen LogP contribution is -2.48. The molecule has 2 N–H and O–H groups in total. The lowest BCUT2D eigenvalue weighted by molar-refractivity contribution is -0.148. The molecule has 1 fully saturated rings. The second-order valence-corrected chi connectivity index (χ2v) is 4.99. The molecular formula is C15H19NO5. The Labute approximate surface area is 122 Å². The summed E-state index contributed by atoms with van der Waals surface area (Å²) in [7, 11) is 0. The normalized spacial score (nSPS) is 22.8. The highest BCUT2D eigenvalue weighted by atomic mass is 16.5. The molecule has 114 valence electrons. The first-order valence-electron chi connectivity index (χ1n) is 6.90. The number of likely N-dealkylation sites (N-methyl/N-ethyl adjacent to an activating group) is 1. The Balaban J connectivity index is 2.17. The van der Waals surface area contributed by atoms with E-state index in [-0.39, 0.29) is 13.2 Å². The summed E-state index contributed by atoms with van der Waals surface area (Å²) in [6, 6.07) is 8.05. The van der Waals surface area contributed by atoms with Gasteiger partial charge in [0.1, 0.15) is 5.92 Å². The fourth-order valence-corrected chi connectivity index (χ4v) is 2.57. The molecule has 1 aromatic rings. The van der Waals surface area contributed by atoms with Gasteiger partial charge in [-0.2, -0.15) is 0 Å². The quantitative estimate of drug-likeness (QED) is 0.833. The van der Waals surface area contributed by atoms with Gasteiger partial charge in [-0.15, -0.1) is 0 Å². The van der Waals surface area contributed by atoms with Gasteiger partial charge < -0.3 is 19.8 Å². The topological polar surface area (TPSA) is 87.1 Å². The number of hydrogen-bond acceptors (Lipinski definition) is 4. The van der Waals surface area contributed by atoms with Crippen molar-refractivity contribution in [3.63, 3.8) is 0 Å². The van der Waals surface area contributed by atoms with E-state index in [9.17, 15) is 19.8 Å². The summed E-state index contributed by atoms with van der Waals surface area (Å²) in [5.74, 6) is -2.24. The van der Waals surface area contributed by atoms with Gasteiger partial charge in [-0.05, 0) is 12.5 Å². The predicted octanol–water partition coefficient (Wildman–Crippen LogP) is 0.668. The number of aliphatic carboxylic acids is 1. The zero-order valence-electron chi connectivity index (χ0n) is 11.8. The Bertz CT molecular complexity index is 504. The van der Waals surface area contributed by atoms with Gasteiger partial charge in [0.2, 0.25) is 0 Å². The minimum atomic E-state index is -1.29. The van der Waals surface area contributed by atoms with Crippen LogP contribution in [-0.2, 0) is 14.3 Å². The van der Waals surface area contributed by atoms with Crippen molar-refractivity contribution in [3.05, 3.63) is 35.9 Å². The molecule has 1 saturated heterocycles. The Morgan fingerprint density at radius 1 is 1.33 bits per heavy atom. The van der Waals surface area contributed by atoms with Gasteiger partial charge in [0.05, 0.1) is 19.3 Å². The molecule has 1 aliphatic heterocycles. The van der Waals surface area contributed by atoms with Crippen LogP contribution in [0.4, 0.5) is 0 Å². The Hall–Kier alpha value is -1.92. The van der Waals surface area contributed by atoms with Crippen molar-refractivity contribution in [2.45, 2.75) is 19.1 Å². The van der Waals surface area contributed by atoms with Crippen LogP contribution in [0.3, 0.4) is 0 Å². The molecule has 1 amide bonds. The van der Waals surface area contributed by atoms with Crippen LogP contribution in [0, 0.1) is 5.92 Å². The largest absolute Gasteiger partial charge is 0.481 e. The molecular weight excluding hydrogens is 274 g/mol. The van der Waals surface area contributed by atoms with Crippen molar-refractivity contribution in [2.75, 3.05) is 19.8 Å². The Kier molecular flexibility index (Phi) is 4.93. The number of carboxylic acids is 1. The number of rotatable bonds is 5. The van der Waals surface area contributed by atoms with Gasteiger partial charge in [-0.3, -0.25) is 9.59 Å². The van der Waals surface area contributed by atoms with E-state index in [4.69, 9.17) is 4.74 Å². The van der Waals surface area contributed by atoms with Crippen LogP contribution in [0.2, 0.25) is 0 Å². The number of carboxylic acid groups (broad SMARTS) is 1. The van der Waals surface area contributed by atoms with Crippen molar-refractivity contribution in [1.29, 1.82) is 0 Å². The number of ether oxygens (including phenoxy) is 1. The SMILES string of the molecule is CCN(C(=O)C(O)c1ccccc1)C1COCC1C(=O)O. The van der Waals surface area contributed by atoms with Crippen LogP contribution in [0.25, 0.3) is 0 Å². The zero-order valence-corrected chi connectivity index (χ0v) is 11.8. The molecule has 3 atom stereocenters. The van der Waals surface area contributed by atoms with Crippen molar-refractivity contribution in [3.8, 4) is 0 Å². The number of carbonyl (C=O) groups excluding carboxylic acids is 1. The molecule has 1 heterocycles. The molecule has 0 aliphatic carbocycles. The summed E-state index contributed by atoms with van der Waals surface area (Å²) >= 11 is 0. The average molecular weight is 293 g/mol. The standard InChI is InChI=1S/C15H19NO5/c1-2-16(12-9-21-8-11(12)15(19)20)14(18)13(17)10-6-4-3-5-7-10/h3-7,11-13,17H,2,8-9H2,1H3,(H,19,20). The van der Waals surface area contributed by atoms with E-state index in [1.54, 1.807) is 37.3 Å². The summed E-state index contributed by atoms with van der Waals surface area (Å²) in [5, 5.41) is 19.4. The molecule has 0 spiro atoms. The summed E-state index contributed by atoms with van der Waals surface area (Å²) in [6.07, 6.45) is -1.29. The third kappa shape index (κ3) is 3.22. The second kappa shape index (κ2) is 6.69. The van der Waals surface area contributed by atoms with Gasteiger partial charge >= 0.3 is 5.97 Å². The number of aliphatic hydroxyl groups is 1. The van der Waals surface area contributed by atoms with Crippen LogP contribution in [-0.4, -0.2) is 52.8 Å². The first kappa shape index (κ1) is 15.5. The fraction of sp³-hybridized carbons (Fsp3) is 0.467. The summed E-state index contributed by atoms with van der Waals surface area (Å²) in [5.41, 5.74) is 0.492. The van der Waals surface area contributed by atoms with Gasteiger partial charge in [0.25, 0.3) is 5.91 Å². The summed E-state index contributed by atoms with van der Waals surface area (Å²) < 4.78 is 5.19. The smallest absolute Gasteiger partial charge is 0.311 e. The van der Waals surface area contributed by atoms with E-state index in [1.807, 2.05) is 0 Å². The monoisotopic (exact) mass is 293 g/mol. The lowest BCUT2D eigenvalue weighted by Gasteiger charge is -2.31. The summed E-state index contributed by atoms with van der Waals surface area (Å²) in [6.45, 7) is 2.34. The minimum Gasteiger partial charge on any atom is -0.481 e. The lowest BCUT2D eigenvalue weighted by atomic mass is 10.0. The Morgan fingerprint density at radius 2 is 2.00 bits per heavy atom. The van der Waals surface area contributed by atoms with Gasteiger partial charge in [0.15, 0.2) is 6.10 Å². The van der Waals surface area contributed by atoms with Crippen LogP contribution < -0.4 is 0 Å². The van der Waals surface area contributed by atoms with E-state index < -0.39 is 29.9 Å². The van der Waals surface area contributed by atoms with Crippen molar-refractivity contribution >= 4 is 11.9 Å². The van der Waals surface area contributed by atoms with Crippen LogP contribution in [0.1, 0.15) is 18.6 Å². The van der Waals surface area contributed by atoms with E-state index in [0.29, 0.717) is 12.1 Å². The molecule has 1 aromatic carbocycles. The zero-order chi connectivity index (χ0) is 15.4. The van der Waals surface area contributed by atoms with Crippen LogP contribution >= 0.6 is 0 Å². The fourth-order valence-electron chi connectivity index (χ4n) is 2.57. The highest BCUT2D eigenvalue weighted by Crippen LogP contribution is 2.24. The molecule has 0 saturated carbocycles. The first-order valence-corrected chi connectivity index (χ1v) is 6.90. The molecule has 1 aliphatic rings. The van der Waals surface area contributed by atoms with Gasteiger partial charge in [-0.1, -0.05) is 30.3 Å². The molecule has 3 unspecified atom stereocenters. The molecule has 0 bridgehead atoms. The number of amides is 1. The molecule has 2 rings (SSSR count). The van der Waals surface area contributed by atoms with E-state index >= 15 is 0 Å². The first-order chi connectivity index (χ1) is 10.1. The molecule has 6 nitrogen and oxygen atoms in total. The Morgan fingerprint density at radius 3 is 2.57 bits per heavy atom. The molecule has 0 aromatic heterocycles. The number of carbonyl (C=O) groups is 2. The molecule has 6 heteroatoms. The second-order valence-electron chi connectivity index (χ2n) is 4.99. The van der Waals surface area contributed by atoms with E-state index in [2.05, 4.69) is 0 Å². The number of benzene rings is 1. The average Bonchev–Trinajstić information content (AvgIpc) is 2.97. The maximum atomic E-state index is 12.5. The van der Waals surface area contributed by atoms with E-state index in [1.165, 1.54) is 4.90 Å². The maximum Gasteiger partial charge on any atom is 0.311 e. The summed E-state index contributed by atoms with van der Waals surface area (Å²) in [4.78, 5) is 25.1. The van der Waals surface area contributed by atoms with Gasteiger partial charge in [0, 0.05) is 6.54 Å². The minimum absolute atomic E-state index is 0.0885. The van der Waals surface area contributed by atoms with Crippen LogP contribution in [0.15, 0.2) is 30.3 Å². The predicted molar refractivity (Wildman–Crippen MR) is 74.5 cm³/mol. The molecule has 21 heavy (non-hydrogen) atoms. The van der Waals surface area contributed by atoms with Crippen LogP contribution in [0.5, 0.6) is 0 Å². The highest BCUT2D eigenvalue weighted by molar-refractivity contribution is 5.83. The third-order valence-electron chi connectivity index (χ3n) is 3.74. The molecule has 0 radical (unpaired) electrons. The van der Waals surface area contributed by atoms with Crippen molar-refractivity contribution in [1.82, 2.24) is 4.90 Å². The third-order valence-corrected chi connectivity index (χ3v) is 3.74. The maximum absolute atomic E-state index is 12.5. The highest BCUT2D eigenvalue weighted by Gasteiger charge is 2.40. The van der Waals surface area contributed by atoms with E-state index in [0.717, 1.165) is 0 Å². The number of nitrogens with zero attached hydrogens (tertiary/aromatic N) is 1. The number of hydrogen-bond donors (Lipinski definition) is 2.